The van der Waals surface area contributed by atoms with Gasteiger partial charge in [0.15, 0.2) is 0 Å². The van der Waals surface area contributed by atoms with Crippen molar-refractivity contribution in [3.63, 3.8) is 0 Å². The van der Waals surface area contributed by atoms with Gasteiger partial charge in [0, 0.05) is 6.07 Å². The van der Waals surface area contributed by atoms with Crippen molar-refractivity contribution in [3.05, 3.63) is 53.6 Å². The van der Waals surface area contributed by atoms with Gasteiger partial charge >= 0.3 is 11.9 Å². The van der Waals surface area contributed by atoms with Gasteiger partial charge in [0.05, 0.1) is 19.3 Å². The minimum absolute atomic E-state index is 0.000774. The molecule has 2 aromatic rings. The fourth-order valence-electron chi connectivity index (χ4n) is 2.78. The second kappa shape index (κ2) is 11.7. The molecule has 0 atom stereocenters. The number of hydrogen-bond donors (Lipinski definition) is 1. The Hall–Kier alpha value is -3.02. The van der Waals surface area contributed by atoms with Crippen LogP contribution in [0.4, 0.5) is 0 Å². The van der Waals surface area contributed by atoms with Crippen LogP contribution in [0.15, 0.2) is 42.5 Å². The summed E-state index contributed by atoms with van der Waals surface area (Å²) in [6.07, 6.45) is 7.21. The molecular weight excluding hydrogens is 372 g/mol. The van der Waals surface area contributed by atoms with Crippen LogP contribution < -0.4 is 9.47 Å². The van der Waals surface area contributed by atoms with E-state index in [4.69, 9.17) is 9.47 Å². The molecule has 0 spiro atoms. The first-order valence-electron chi connectivity index (χ1n) is 9.91. The van der Waals surface area contributed by atoms with E-state index >= 15 is 0 Å². The van der Waals surface area contributed by atoms with Gasteiger partial charge < -0.3 is 19.3 Å². The Morgan fingerprint density at radius 2 is 1.52 bits per heavy atom. The number of unbranched alkanes of at least 4 members (excludes halogenated alkanes) is 5. The molecule has 6 nitrogen and oxygen atoms in total. The number of hydrogen-bond acceptors (Lipinski definition) is 6. The van der Waals surface area contributed by atoms with Gasteiger partial charge in [0.25, 0.3) is 0 Å². The molecule has 2 rings (SSSR count). The van der Waals surface area contributed by atoms with E-state index in [0.29, 0.717) is 17.9 Å². The molecule has 0 saturated carbocycles. The van der Waals surface area contributed by atoms with Crippen molar-refractivity contribution >= 4 is 11.9 Å². The lowest BCUT2D eigenvalue weighted by Crippen LogP contribution is -2.09. The van der Waals surface area contributed by atoms with Crippen molar-refractivity contribution in [2.75, 3.05) is 13.7 Å². The zero-order chi connectivity index (χ0) is 21.1. The maximum Gasteiger partial charge on any atom is 0.343 e. The monoisotopic (exact) mass is 400 g/mol. The number of methoxy groups -OCH3 is 1. The molecule has 0 aliphatic carbocycles. The van der Waals surface area contributed by atoms with Crippen molar-refractivity contribution in [1.29, 1.82) is 0 Å². The number of aromatic hydroxyl groups is 1. The number of carbonyl (C=O) groups excluding carboxylic acids is 2. The van der Waals surface area contributed by atoms with E-state index in [1.54, 1.807) is 24.3 Å². The molecule has 156 valence electrons. The van der Waals surface area contributed by atoms with Crippen molar-refractivity contribution in [3.8, 4) is 17.2 Å². The van der Waals surface area contributed by atoms with E-state index < -0.39 is 11.9 Å². The molecule has 0 aliphatic heterocycles. The maximum atomic E-state index is 12.3. The molecule has 0 amide bonds. The summed E-state index contributed by atoms with van der Waals surface area (Å²) < 4.78 is 15.5. The Balaban J connectivity index is 1.83. The molecule has 0 aromatic heterocycles. The van der Waals surface area contributed by atoms with Crippen LogP contribution in [0.1, 0.15) is 66.2 Å². The van der Waals surface area contributed by atoms with Crippen molar-refractivity contribution < 1.29 is 28.9 Å². The highest BCUT2D eigenvalue weighted by Gasteiger charge is 2.14. The highest BCUT2D eigenvalue weighted by atomic mass is 16.5. The quantitative estimate of drug-likeness (QED) is 0.320. The molecular formula is C23H28O6. The number of phenolic OH excluding ortho intramolecular Hbond substituents is 1. The minimum Gasteiger partial charge on any atom is -0.507 e. The predicted molar refractivity (Wildman–Crippen MR) is 110 cm³/mol. The Kier molecular flexibility index (Phi) is 9.02. The van der Waals surface area contributed by atoms with E-state index in [9.17, 15) is 14.7 Å². The highest BCUT2D eigenvalue weighted by Crippen LogP contribution is 2.25. The highest BCUT2D eigenvalue weighted by molar-refractivity contribution is 5.93. The van der Waals surface area contributed by atoms with Crippen LogP contribution in [-0.4, -0.2) is 30.8 Å². The minimum atomic E-state index is -0.670. The molecule has 0 unspecified atom stereocenters. The Morgan fingerprint density at radius 3 is 2.17 bits per heavy atom. The smallest absolute Gasteiger partial charge is 0.343 e. The number of rotatable bonds is 11. The van der Waals surface area contributed by atoms with Gasteiger partial charge in [-0.2, -0.15) is 0 Å². The standard InChI is InChI=1S/C23H28O6/c1-3-4-5-6-7-8-15-28-18-11-9-17(10-12-18)22(25)29-19-13-14-20(21(24)16-19)23(26)27-2/h9-14,16,24H,3-8,15H2,1-2H3. The van der Waals surface area contributed by atoms with E-state index in [-0.39, 0.29) is 17.1 Å². The van der Waals surface area contributed by atoms with Crippen LogP contribution in [-0.2, 0) is 4.74 Å². The zero-order valence-corrected chi connectivity index (χ0v) is 17.0. The lowest BCUT2D eigenvalue weighted by atomic mass is 10.1. The van der Waals surface area contributed by atoms with Crippen LogP contribution in [0.2, 0.25) is 0 Å². The molecule has 0 aliphatic rings. The first kappa shape index (κ1) is 22.3. The molecule has 2 aromatic carbocycles. The van der Waals surface area contributed by atoms with Crippen LogP contribution in [0.25, 0.3) is 0 Å². The Labute approximate surface area is 171 Å². The fraction of sp³-hybridized carbons (Fsp3) is 0.391. The number of esters is 2. The predicted octanol–water partition coefficient (Wildman–Crippen LogP) is 5.14. The van der Waals surface area contributed by atoms with Gasteiger partial charge in [0.2, 0.25) is 0 Å². The van der Waals surface area contributed by atoms with E-state index in [1.807, 2.05) is 0 Å². The maximum absolute atomic E-state index is 12.3. The SMILES string of the molecule is CCCCCCCCOc1ccc(C(=O)Oc2ccc(C(=O)OC)c(O)c2)cc1. The van der Waals surface area contributed by atoms with Crippen LogP contribution >= 0.6 is 0 Å². The van der Waals surface area contributed by atoms with Gasteiger partial charge in [-0.1, -0.05) is 39.0 Å². The second-order valence-electron chi connectivity index (χ2n) is 6.70. The summed E-state index contributed by atoms with van der Waals surface area (Å²) in [5, 5.41) is 9.87. The first-order chi connectivity index (χ1) is 14.0. The number of phenols is 1. The Bertz CT molecular complexity index is 798. The second-order valence-corrected chi connectivity index (χ2v) is 6.70. The molecule has 0 fully saturated rings. The van der Waals surface area contributed by atoms with E-state index in [1.165, 1.54) is 51.0 Å². The molecule has 1 N–H and O–H groups in total. The van der Waals surface area contributed by atoms with Gasteiger partial charge in [-0.3, -0.25) is 0 Å². The van der Waals surface area contributed by atoms with Crippen LogP contribution in [0.5, 0.6) is 17.2 Å². The number of ether oxygens (including phenoxy) is 3. The summed E-state index contributed by atoms with van der Waals surface area (Å²) in [5.41, 5.74) is 0.354. The average molecular weight is 400 g/mol. The summed E-state index contributed by atoms with van der Waals surface area (Å²) in [5.74, 6) is -0.728. The topological polar surface area (TPSA) is 82.1 Å². The number of carbonyl (C=O) groups is 2. The Morgan fingerprint density at radius 1 is 0.862 bits per heavy atom. The number of benzene rings is 2. The van der Waals surface area contributed by atoms with Gasteiger partial charge in [-0.15, -0.1) is 0 Å². The lowest BCUT2D eigenvalue weighted by Gasteiger charge is -2.09. The average Bonchev–Trinajstić information content (AvgIpc) is 2.73. The van der Waals surface area contributed by atoms with Crippen molar-refractivity contribution in [2.24, 2.45) is 0 Å². The summed E-state index contributed by atoms with van der Waals surface area (Å²) in [4.78, 5) is 23.7. The lowest BCUT2D eigenvalue weighted by molar-refractivity contribution is 0.0597. The molecule has 0 radical (unpaired) electrons. The van der Waals surface area contributed by atoms with Gasteiger partial charge in [0.1, 0.15) is 22.8 Å². The third kappa shape index (κ3) is 7.14. The molecule has 0 heterocycles. The summed E-state index contributed by atoms with van der Waals surface area (Å²) in [7, 11) is 1.22. The molecule has 29 heavy (non-hydrogen) atoms. The molecule has 6 heteroatoms. The first-order valence-corrected chi connectivity index (χ1v) is 9.91. The van der Waals surface area contributed by atoms with Gasteiger partial charge in [-0.05, 0) is 42.8 Å². The van der Waals surface area contributed by atoms with E-state index in [0.717, 1.165) is 12.8 Å². The molecule has 0 bridgehead atoms. The largest absolute Gasteiger partial charge is 0.507 e. The third-order valence-electron chi connectivity index (χ3n) is 4.44. The van der Waals surface area contributed by atoms with Crippen molar-refractivity contribution in [2.45, 2.75) is 45.4 Å². The van der Waals surface area contributed by atoms with Crippen LogP contribution in [0.3, 0.4) is 0 Å². The summed E-state index contributed by atoms with van der Waals surface area (Å²) in [6, 6.07) is 10.7. The zero-order valence-electron chi connectivity index (χ0n) is 17.0. The summed E-state index contributed by atoms with van der Waals surface area (Å²) >= 11 is 0. The third-order valence-corrected chi connectivity index (χ3v) is 4.44. The molecule has 0 saturated heterocycles. The van der Waals surface area contributed by atoms with Crippen LogP contribution in [0, 0.1) is 0 Å². The summed E-state index contributed by atoms with van der Waals surface area (Å²) in [6.45, 7) is 2.86. The normalized spacial score (nSPS) is 10.4. The fourth-order valence-corrected chi connectivity index (χ4v) is 2.78. The van der Waals surface area contributed by atoms with Gasteiger partial charge in [-0.25, -0.2) is 9.59 Å². The van der Waals surface area contributed by atoms with E-state index in [2.05, 4.69) is 11.7 Å². The van der Waals surface area contributed by atoms with Crippen molar-refractivity contribution in [1.82, 2.24) is 0 Å².